The maximum absolute atomic E-state index is 4.48. The van der Waals surface area contributed by atoms with Crippen molar-refractivity contribution in [3.8, 4) is 0 Å². The van der Waals surface area contributed by atoms with Crippen LogP contribution in [-0.4, -0.2) is 60.4 Å². The summed E-state index contributed by atoms with van der Waals surface area (Å²) in [7, 11) is 1.83. The van der Waals surface area contributed by atoms with Gasteiger partial charge in [0.25, 0.3) is 0 Å². The zero-order valence-electron chi connectivity index (χ0n) is 14.9. The zero-order valence-corrected chi connectivity index (χ0v) is 14.9. The maximum atomic E-state index is 4.48. The molecule has 0 bridgehead atoms. The molecule has 0 unspecified atom stereocenters. The van der Waals surface area contributed by atoms with Gasteiger partial charge in [-0.1, -0.05) is 0 Å². The molecule has 23 heavy (non-hydrogen) atoms. The number of aliphatic imine (C=N–C) groups is 1. The predicted octanol–water partition coefficient (Wildman–Crippen LogP) is 1.54. The second-order valence-electron chi connectivity index (χ2n) is 6.33. The summed E-state index contributed by atoms with van der Waals surface area (Å²) in [4.78, 5) is 6.83. The minimum atomic E-state index is 0.903. The van der Waals surface area contributed by atoms with E-state index in [2.05, 4.69) is 43.3 Å². The van der Waals surface area contributed by atoms with Crippen LogP contribution in [0.25, 0.3) is 0 Å². The van der Waals surface area contributed by atoms with Gasteiger partial charge in [-0.25, -0.2) is 0 Å². The molecule has 0 saturated carbocycles. The van der Waals surface area contributed by atoms with E-state index in [1.807, 2.05) is 14.0 Å². The van der Waals surface area contributed by atoms with E-state index < -0.39 is 0 Å². The highest BCUT2D eigenvalue weighted by Crippen LogP contribution is 2.06. The van der Waals surface area contributed by atoms with Crippen molar-refractivity contribution < 1.29 is 0 Å². The van der Waals surface area contributed by atoms with Gasteiger partial charge in [-0.05, 0) is 65.2 Å². The Hall–Kier alpha value is -1.56. The highest BCUT2D eigenvalue weighted by atomic mass is 15.3. The number of likely N-dealkylation sites (tertiary alicyclic amines) is 1. The molecule has 6 heteroatoms. The third-order valence-electron chi connectivity index (χ3n) is 4.31. The van der Waals surface area contributed by atoms with Crippen LogP contribution in [0.15, 0.2) is 11.1 Å². The maximum Gasteiger partial charge on any atom is 0.190 e. The lowest BCUT2D eigenvalue weighted by atomic mass is 10.4. The molecule has 1 fully saturated rings. The van der Waals surface area contributed by atoms with Gasteiger partial charge < -0.3 is 15.5 Å². The smallest absolute Gasteiger partial charge is 0.190 e. The van der Waals surface area contributed by atoms with E-state index in [4.69, 9.17) is 0 Å². The van der Waals surface area contributed by atoms with Crippen LogP contribution < -0.4 is 10.6 Å². The molecule has 0 amide bonds. The molecule has 1 aromatic heterocycles. The number of nitrogens with one attached hydrogen (secondary N) is 2. The summed E-state index contributed by atoms with van der Waals surface area (Å²) in [6, 6.07) is 2.12. The molecule has 0 aromatic carbocycles. The molecule has 1 aromatic rings. The SMILES string of the molecule is CN=C(NCCCN1CCCC1)NCCCn1nc(C)cc1C. The summed E-state index contributed by atoms with van der Waals surface area (Å²) in [6.45, 7) is 10.7. The van der Waals surface area contributed by atoms with Crippen LogP contribution in [0.1, 0.15) is 37.1 Å². The van der Waals surface area contributed by atoms with Gasteiger partial charge in [0.1, 0.15) is 0 Å². The topological polar surface area (TPSA) is 57.5 Å². The summed E-state index contributed by atoms with van der Waals surface area (Å²) in [5, 5.41) is 11.3. The molecule has 0 spiro atoms. The molecule has 1 saturated heterocycles. The van der Waals surface area contributed by atoms with Crippen molar-refractivity contribution in [3.05, 3.63) is 17.5 Å². The van der Waals surface area contributed by atoms with Gasteiger partial charge in [-0.2, -0.15) is 5.10 Å². The van der Waals surface area contributed by atoms with Crippen molar-refractivity contribution in [2.45, 2.75) is 46.1 Å². The third kappa shape index (κ3) is 6.22. The lowest BCUT2D eigenvalue weighted by Gasteiger charge is -2.16. The summed E-state index contributed by atoms with van der Waals surface area (Å²) in [5.74, 6) is 0.903. The average molecular weight is 320 g/mol. The molecule has 130 valence electrons. The summed E-state index contributed by atoms with van der Waals surface area (Å²) in [6.07, 6.45) is 4.95. The Morgan fingerprint density at radius 1 is 1.13 bits per heavy atom. The van der Waals surface area contributed by atoms with Crippen molar-refractivity contribution in [2.75, 3.05) is 39.8 Å². The first-order valence-corrected chi connectivity index (χ1v) is 8.87. The first kappa shape index (κ1) is 17.8. The molecule has 2 heterocycles. The lowest BCUT2D eigenvalue weighted by Crippen LogP contribution is -2.39. The Morgan fingerprint density at radius 3 is 2.35 bits per heavy atom. The van der Waals surface area contributed by atoms with Crippen LogP contribution in [0.3, 0.4) is 0 Å². The van der Waals surface area contributed by atoms with Crippen molar-refractivity contribution in [1.29, 1.82) is 0 Å². The molecule has 0 atom stereocenters. The van der Waals surface area contributed by atoms with Crippen LogP contribution in [0.5, 0.6) is 0 Å². The first-order valence-electron chi connectivity index (χ1n) is 8.87. The molecular weight excluding hydrogens is 288 g/mol. The quantitative estimate of drug-likeness (QED) is 0.433. The number of hydrogen-bond acceptors (Lipinski definition) is 3. The van der Waals surface area contributed by atoms with Gasteiger partial charge in [0.2, 0.25) is 0 Å². The number of nitrogens with zero attached hydrogens (tertiary/aromatic N) is 4. The molecule has 1 aliphatic heterocycles. The van der Waals surface area contributed by atoms with Crippen LogP contribution in [0, 0.1) is 13.8 Å². The number of rotatable bonds is 8. The minimum absolute atomic E-state index is 0.903. The van der Waals surface area contributed by atoms with Crippen LogP contribution in [-0.2, 0) is 6.54 Å². The van der Waals surface area contributed by atoms with Crippen molar-refractivity contribution in [2.24, 2.45) is 4.99 Å². The fourth-order valence-electron chi connectivity index (χ4n) is 3.07. The standard InChI is InChI=1S/C17H32N6/c1-15-14-16(2)23(21-15)13-7-9-20-17(18-3)19-8-6-12-22-10-4-5-11-22/h14H,4-13H2,1-3H3,(H2,18,19,20). The summed E-state index contributed by atoms with van der Waals surface area (Å²) >= 11 is 0. The van der Waals surface area contributed by atoms with Crippen molar-refractivity contribution in [3.63, 3.8) is 0 Å². The van der Waals surface area contributed by atoms with Gasteiger partial charge in [0, 0.05) is 32.4 Å². The van der Waals surface area contributed by atoms with E-state index in [0.29, 0.717) is 0 Å². The minimum Gasteiger partial charge on any atom is -0.356 e. The largest absolute Gasteiger partial charge is 0.356 e. The predicted molar refractivity (Wildman–Crippen MR) is 96.0 cm³/mol. The second kappa shape index (κ2) is 9.55. The zero-order chi connectivity index (χ0) is 16.5. The normalized spacial score (nSPS) is 16.0. The van der Waals surface area contributed by atoms with Gasteiger partial charge in [-0.15, -0.1) is 0 Å². The van der Waals surface area contributed by atoms with Crippen LogP contribution in [0.4, 0.5) is 0 Å². The lowest BCUT2D eigenvalue weighted by molar-refractivity contribution is 0.334. The fraction of sp³-hybridized carbons (Fsp3) is 0.765. The van der Waals surface area contributed by atoms with E-state index in [1.165, 1.54) is 44.6 Å². The van der Waals surface area contributed by atoms with E-state index in [9.17, 15) is 0 Å². The fourth-order valence-corrected chi connectivity index (χ4v) is 3.07. The van der Waals surface area contributed by atoms with Gasteiger partial charge in [-0.3, -0.25) is 9.67 Å². The molecule has 6 nitrogen and oxygen atoms in total. The Labute approximate surface area is 140 Å². The number of aryl methyl sites for hydroxylation is 3. The highest BCUT2D eigenvalue weighted by molar-refractivity contribution is 5.79. The highest BCUT2D eigenvalue weighted by Gasteiger charge is 2.10. The van der Waals surface area contributed by atoms with E-state index >= 15 is 0 Å². The molecule has 2 N–H and O–H groups in total. The molecule has 0 radical (unpaired) electrons. The number of aromatic nitrogens is 2. The Bertz CT molecular complexity index is 487. The van der Waals surface area contributed by atoms with Gasteiger partial charge >= 0.3 is 0 Å². The van der Waals surface area contributed by atoms with Crippen molar-refractivity contribution >= 4 is 5.96 Å². The first-order chi connectivity index (χ1) is 11.2. The Kier molecular flexibility index (Phi) is 7.39. The van der Waals surface area contributed by atoms with Gasteiger partial charge in [0.05, 0.1) is 5.69 Å². The van der Waals surface area contributed by atoms with E-state index in [-0.39, 0.29) is 0 Å². The van der Waals surface area contributed by atoms with Gasteiger partial charge in [0.15, 0.2) is 5.96 Å². The summed E-state index contributed by atoms with van der Waals surface area (Å²) in [5.41, 5.74) is 2.32. The number of hydrogen-bond donors (Lipinski definition) is 2. The van der Waals surface area contributed by atoms with Crippen LogP contribution >= 0.6 is 0 Å². The molecule has 2 rings (SSSR count). The molecule has 1 aliphatic rings. The van der Waals surface area contributed by atoms with Crippen LogP contribution in [0.2, 0.25) is 0 Å². The Balaban J connectivity index is 1.54. The average Bonchev–Trinajstić information content (AvgIpc) is 3.15. The number of guanidine groups is 1. The molecule has 0 aliphatic carbocycles. The summed E-state index contributed by atoms with van der Waals surface area (Å²) < 4.78 is 2.07. The van der Waals surface area contributed by atoms with E-state index in [1.54, 1.807) is 0 Å². The second-order valence-corrected chi connectivity index (χ2v) is 6.33. The Morgan fingerprint density at radius 2 is 1.78 bits per heavy atom. The monoisotopic (exact) mass is 320 g/mol. The third-order valence-corrected chi connectivity index (χ3v) is 4.31. The van der Waals surface area contributed by atoms with Crippen molar-refractivity contribution in [1.82, 2.24) is 25.3 Å². The molecular formula is C17H32N6. The van der Waals surface area contributed by atoms with E-state index in [0.717, 1.165) is 37.7 Å².